The van der Waals surface area contributed by atoms with Gasteiger partial charge in [0.05, 0.1) is 7.11 Å². The maximum absolute atomic E-state index is 6.00. The number of rotatable bonds is 6. The zero-order valence-electron chi connectivity index (χ0n) is 11.7. The highest BCUT2D eigenvalue weighted by atomic mass is 79.9. The molecule has 1 N–H and O–H groups in total. The zero-order valence-corrected chi connectivity index (χ0v) is 13.2. The van der Waals surface area contributed by atoms with Gasteiger partial charge in [-0.15, -0.1) is 0 Å². The van der Waals surface area contributed by atoms with Crippen LogP contribution in [0.1, 0.15) is 12.5 Å². The summed E-state index contributed by atoms with van der Waals surface area (Å²) >= 11 is 3.49. The summed E-state index contributed by atoms with van der Waals surface area (Å²) in [6.45, 7) is 3.76. The summed E-state index contributed by atoms with van der Waals surface area (Å²) in [5.41, 5.74) is 1.10. The van der Waals surface area contributed by atoms with Gasteiger partial charge < -0.3 is 14.8 Å². The van der Waals surface area contributed by atoms with E-state index >= 15 is 0 Å². The van der Waals surface area contributed by atoms with E-state index in [1.54, 1.807) is 7.11 Å². The van der Waals surface area contributed by atoms with Crippen molar-refractivity contribution in [1.82, 2.24) is 5.32 Å². The quantitative estimate of drug-likeness (QED) is 0.850. The summed E-state index contributed by atoms with van der Waals surface area (Å²) < 4.78 is 12.3. The Bertz CT molecular complexity index is 572. The van der Waals surface area contributed by atoms with Crippen molar-refractivity contribution in [3.8, 4) is 17.2 Å². The molecule has 0 aliphatic carbocycles. The number of ether oxygens (including phenoxy) is 2. The highest BCUT2D eigenvalue weighted by Gasteiger charge is 2.09. The summed E-state index contributed by atoms with van der Waals surface area (Å²) in [6, 6.07) is 13.6. The molecule has 2 aromatic rings. The summed E-state index contributed by atoms with van der Waals surface area (Å²) in [5.74, 6) is 2.28. The molecule has 4 heteroatoms. The zero-order chi connectivity index (χ0) is 14.4. The van der Waals surface area contributed by atoms with Crippen LogP contribution in [0.3, 0.4) is 0 Å². The van der Waals surface area contributed by atoms with Crippen LogP contribution >= 0.6 is 15.9 Å². The number of benzene rings is 2. The number of nitrogens with one attached hydrogen (secondary N) is 1. The molecule has 2 rings (SSSR count). The van der Waals surface area contributed by atoms with Gasteiger partial charge in [0.15, 0.2) is 11.5 Å². The van der Waals surface area contributed by atoms with Crippen molar-refractivity contribution in [3.63, 3.8) is 0 Å². The van der Waals surface area contributed by atoms with Crippen LogP contribution in [-0.2, 0) is 6.54 Å². The third-order valence-electron chi connectivity index (χ3n) is 2.88. The molecule has 0 bridgehead atoms. The van der Waals surface area contributed by atoms with E-state index < -0.39 is 0 Å². The van der Waals surface area contributed by atoms with E-state index in [2.05, 4.69) is 34.2 Å². The fourth-order valence-electron chi connectivity index (χ4n) is 1.87. The van der Waals surface area contributed by atoms with Crippen molar-refractivity contribution < 1.29 is 9.47 Å². The van der Waals surface area contributed by atoms with E-state index in [9.17, 15) is 0 Å². The average molecular weight is 336 g/mol. The average Bonchev–Trinajstić information content (AvgIpc) is 2.48. The van der Waals surface area contributed by atoms with Gasteiger partial charge >= 0.3 is 0 Å². The van der Waals surface area contributed by atoms with Gasteiger partial charge in [-0.1, -0.05) is 35.0 Å². The number of hydrogen-bond acceptors (Lipinski definition) is 3. The first-order valence-corrected chi connectivity index (χ1v) is 7.34. The van der Waals surface area contributed by atoms with E-state index in [0.717, 1.165) is 40.4 Å². The first-order valence-electron chi connectivity index (χ1n) is 6.54. The van der Waals surface area contributed by atoms with Crippen LogP contribution < -0.4 is 14.8 Å². The second-order valence-corrected chi connectivity index (χ2v) is 5.20. The Labute approximate surface area is 128 Å². The van der Waals surface area contributed by atoms with Gasteiger partial charge in [-0.25, -0.2) is 0 Å². The molecule has 0 unspecified atom stereocenters. The van der Waals surface area contributed by atoms with Crippen LogP contribution in [0, 0.1) is 0 Å². The van der Waals surface area contributed by atoms with Gasteiger partial charge in [0.2, 0.25) is 0 Å². The number of halogens is 1. The molecule has 0 saturated heterocycles. The predicted octanol–water partition coefficient (Wildman–Crippen LogP) is 4.36. The van der Waals surface area contributed by atoms with Crippen LogP contribution in [0.5, 0.6) is 17.2 Å². The van der Waals surface area contributed by atoms with Crippen LogP contribution in [0.25, 0.3) is 0 Å². The maximum atomic E-state index is 6.00. The highest BCUT2D eigenvalue weighted by molar-refractivity contribution is 9.10. The van der Waals surface area contributed by atoms with Gasteiger partial charge in [-0.2, -0.15) is 0 Å². The molecule has 0 amide bonds. The molecular formula is C16H18BrNO2. The van der Waals surface area contributed by atoms with Gasteiger partial charge in [0, 0.05) is 16.6 Å². The molecule has 0 saturated carbocycles. The Morgan fingerprint density at radius 1 is 1.05 bits per heavy atom. The molecule has 3 nitrogen and oxygen atoms in total. The van der Waals surface area contributed by atoms with Gasteiger partial charge in [0.1, 0.15) is 5.75 Å². The van der Waals surface area contributed by atoms with E-state index in [-0.39, 0.29) is 0 Å². The van der Waals surface area contributed by atoms with E-state index in [4.69, 9.17) is 9.47 Å². The Morgan fingerprint density at radius 2 is 1.80 bits per heavy atom. The minimum absolute atomic E-state index is 0.718. The Morgan fingerprint density at radius 3 is 2.50 bits per heavy atom. The topological polar surface area (TPSA) is 30.5 Å². The second-order valence-electron chi connectivity index (χ2n) is 4.29. The highest BCUT2D eigenvalue weighted by Crippen LogP contribution is 2.33. The van der Waals surface area contributed by atoms with E-state index in [0.29, 0.717) is 0 Å². The third-order valence-corrected chi connectivity index (χ3v) is 3.37. The van der Waals surface area contributed by atoms with E-state index in [1.165, 1.54) is 0 Å². The molecule has 20 heavy (non-hydrogen) atoms. The SMILES string of the molecule is CCNCc1cc(Br)ccc1Oc1ccccc1OC. The second kappa shape index (κ2) is 7.31. The largest absolute Gasteiger partial charge is 0.493 e. The van der Waals surface area contributed by atoms with Crippen molar-refractivity contribution in [3.05, 3.63) is 52.5 Å². The molecule has 0 fully saturated rings. The first kappa shape index (κ1) is 14.9. The summed E-state index contributed by atoms with van der Waals surface area (Å²) in [5, 5.41) is 3.31. The summed E-state index contributed by atoms with van der Waals surface area (Å²) in [7, 11) is 1.64. The fraction of sp³-hybridized carbons (Fsp3) is 0.250. The minimum Gasteiger partial charge on any atom is -0.493 e. The number of methoxy groups -OCH3 is 1. The van der Waals surface area contributed by atoms with Crippen molar-refractivity contribution in [2.75, 3.05) is 13.7 Å². The van der Waals surface area contributed by atoms with Crippen LogP contribution in [0.2, 0.25) is 0 Å². The minimum atomic E-state index is 0.718. The number of para-hydroxylation sites is 2. The lowest BCUT2D eigenvalue weighted by atomic mass is 10.2. The summed E-state index contributed by atoms with van der Waals surface area (Å²) in [4.78, 5) is 0. The molecule has 0 radical (unpaired) electrons. The Balaban J connectivity index is 2.28. The molecule has 0 aliphatic rings. The molecular weight excluding hydrogens is 318 g/mol. The van der Waals surface area contributed by atoms with Gasteiger partial charge in [0.25, 0.3) is 0 Å². The van der Waals surface area contributed by atoms with Gasteiger partial charge in [-0.05, 0) is 36.9 Å². The molecule has 2 aromatic carbocycles. The monoisotopic (exact) mass is 335 g/mol. The van der Waals surface area contributed by atoms with Crippen LogP contribution in [0.15, 0.2) is 46.9 Å². The molecule has 0 aromatic heterocycles. The van der Waals surface area contributed by atoms with Gasteiger partial charge in [-0.3, -0.25) is 0 Å². The fourth-order valence-corrected chi connectivity index (χ4v) is 2.28. The number of hydrogen-bond donors (Lipinski definition) is 1. The van der Waals surface area contributed by atoms with E-state index in [1.807, 2.05) is 36.4 Å². The maximum Gasteiger partial charge on any atom is 0.169 e. The normalized spacial score (nSPS) is 10.3. The predicted molar refractivity (Wildman–Crippen MR) is 84.6 cm³/mol. The summed E-state index contributed by atoms with van der Waals surface area (Å²) in [6.07, 6.45) is 0. The molecule has 0 heterocycles. The molecule has 106 valence electrons. The van der Waals surface area contributed by atoms with Crippen molar-refractivity contribution in [2.45, 2.75) is 13.5 Å². The first-order chi connectivity index (χ1) is 9.74. The molecule has 0 spiro atoms. The van der Waals surface area contributed by atoms with Crippen LogP contribution in [-0.4, -0.2) is 13.7 Å². The lowest BCUT2D eigenvalue weighted by Gasteiger charge is -2.14. The van der Waals surface area contributed by atoms with Crippen LogP contribution in [0.4, 0.5) is 0 Å². The lowest BCUT2D eigenvalue weighted by Crippen LogP contribution is -2.12. The third kappa shape index (κ3) is 3.74. The Hall–Kier alpha value is -1.52. The molecule has 0 aliphatic heterocycles. The lowest BCUT2D eigenvalue weighted by molar-refractivity contribution is 0.377. The Kier molecular flexibility index (Phi) is 5.44. The molecule has 0 atom stereocenters. The standard InChI is InChI=1S/C16H18BrNO2/c1-3-18-11-12-10-13(17)8-9-14(12)20-16-7-5-4-6-15(16)19-2/h4-10,18H,3,11H2,1-2H3. The smallest absolute Gasteiger partial charge is 0.169 e. The van der Waals surface area contributed by atoms with Crippen molar-refractivity contribution in [2.24, 2.45) is 0 Å². The van der Waals surface area contributed by atoms with Crippen molar-refractivity contribution >= 4 is 15.9 Å². The van der Waals surface area contributed by atoms with Crippen molar-refractivity contribution in [1.29, 1.82) is 0 Å².